The predicted octanol–water partition coefficient (Wildman–Crippen LogP) is 2.45. The molecule has 0 spiro atoms. The summed E-state index contributed by atoms with van der Waals surface area (Å²) >= 11 is 0. The Labute approximate surface area is 99.1 Å². The smallest absolute Gasteiger partial charge is 0.225 e. The first-order valence-electron chi connectivity index (χ1n) is 6.37. The molecule has 0 saturated heterocycles. The molecule has 94 valence electrons. The summed E-state index contributed by atoms with van der Waals surface area (Å²) in [5.41, 5.74) is 0. The minimum absolute atomic E-state index is 0.0949. The van der Waals surface area contributed by atoms with Crippen molar-refractivity contribution < 1.29 is 9.53 Å². The van der Waals surface area contributed by atoms with Crippen LogP contribution in [0, 0.1) is 5.92 Å². The molecule has 1 fully saturated rings. The van der Waals surface area contributed by atoms with E-state index in [9.17, 15) is 4.79 Å². The quantitative estimate of drug-likeness (QED) is 0.738. The van der Waals surface area contributed by atoms with Crippen molar-refractivity contribution in [3.8, 4) is 0 Å². The molecular formula is C13H25NO2. The molecule has 3 heteroatoms. The van der Waals surface area contributed by atoms with Gasteiger partial charge in [-0.2, -0.15) is 0 Å². The third kappa shape index (κ3) is 3.21. The van der Waals surface area contributed by atoms with Crippen molar-refractivity contribution in [2.45, 2.75) is 58.1 Å². The Morgan fingerprint density at radius 2 is 1.81 bits per heavy atom. The molecule has 1 saturated carbocycles. The number of methoxy groups -OCH3 is 1. The number of rotatable bonds is 4. The SMILES string of the molecule is COC(C)[C@@H](C)N(C)C(=O)C1CCCCC1. The van der Waals surface area contributed by atoms with Gasteiger partial charge in [0, 0.05) is 20.1 Å². The van der Waals surface area contributed by atoms with Crippen LogP contribution in [0.1, 0.15) is 46.0 Å². The zero-order valence-corrected chi connectivity index (χ0v) is 11.0. The summed E-state index contributed by atoms with van der Waals surface area (Å²) in [4.78, 5) is 14.1. The third-order valence-electron chi connectivity index (χ3n) is 3.96. The number of carbonyl (C=O) groups is 1. The van der Waals surface area contributed by atoms with Crippen LogP contribution in [-0.2, 0) is 9.53 Å². The standard InChI is InChI=1S/C13H25NO2/c1-10(11(2)16-4)14(3)13(15)12-8-6-5-7-9-12/h10-12H,5-9H2,1-4H3/t10-,11?/m1/s1. The molecule has 1 amide bonds. The monoisotopic (exact) mass is 227 g/mol. The van der Waals surface area contributed by atoms with Crippen molar-refractivity contribution in [1.82, 2.24) is 4.90 Å². The van der Waals surface area contributed by atoms with E-state index in [1.54, 1.807) is 7.11 Å². The second-order valence-electron chi connectivity index (χ2n) is 4.97. The number of ether oxygens (including phenoxy) is 1. The molecule has 1 aliphatic carbocycles. The van der Waals surface area contributed by atoms with Crippen LogP contribution in [0.5, 0.6) is 0 Å². The van der Waals surface area contributed by atoms with Gasteiger partial charge in [0.2, 0.25) is 5.91 Å². The minimum Gasteiger partial charge on any atom is -0.380 e. The fourth-order valence-corrected chi connectivity index (χ4v) is 2.35. The summed E-state index contributed by atoms with van der Waals surface area (Å²) in [7, 11) is 3.59. The zero-order valence-electron chi connectivity index (χ0n) is 11.0. The fraction of sp³-hybridized carbons (Fsp3) is 0.923. The van der Waals surface area contributed by atoms with Crippen LogP contribution in [0.4, 0.5) is 0 Å². The molecule has 0 aromatic rings. The van der Waals surface area contributed by atoms with Gasteiger partial charge >= 0.3 is 0 Å². The first-order valence-corrected chi connectivity index (χ1v) is 6.37. The van der Waals surface area contributed by atoms with E-state index >= 15 is 0 Å². The fourth-order valence-electron chi connectivity index (χ4n) is 2.35. The molecule has 2 atom stereocenters. The Hall–Kier alpha value is -0.570. The van der Waals surface area contributed by atoms with Crippen molar-refractivity contribution in [3.05, 3.63) is 0 Å². The average molecular weight is 227 g/mol. The van der Waals surface area contributed by atoms with Gasteiger partial charge in [-0.15, -0.1) is 0 Å². The topological polar surface area (TPSA) is 29.5 Å². The van der Waals surface area contributed by atoms with Gasteiger partial charge in [0.15, 0.2) is 0 Å². The molecule has 16 heavy (non-hydrogen) atoms. The van der Waals surface area contributed by atoms with Gasteiger partial charge in [0.05, 0.1) is 12.1 Å². The molecule has 3 nitrogen and oxygen atoms in total. The van der Waals surface area contributed by atoms with E-state index in [0.29, 0.717) is 5.91 Å². The highest BCUT2D eigenvalue weighted by Gasteiger charge is 2.28. The van der Waals surface area contributed by atoms with Crippen molar-refractivity contribution in [2.75, 3.05) is 14.2 Å². The number of likely N-dealkylation sites (N-methyl/N-ethyl adjacent to an activating group) is 1. The molecule has 0 aromatic carbocycles. The number of carbonyl (C=O) groups excluding carboxylic acids is 1. The highest BCUT2D eigenvalue weighted by molar-refractivity contribution is 5.79. The van der Waals surface area contributed by atoms with Crippen LogP contribution in [-0.4, -0.2) is 37.1 Å². The van der Waals surface area contributed by atoms with Crippen LogP contribution < -0.4 is 0 Å². The second-order valence-corrected chi connectivity index (χ2v) is 4.97. The molecule has 0 heterocycles. The Morgan fingerprint density at radius 1 is 1.25 bits per heavy atom. The van der Waals surface area contributed by atoms with E-state index in [2.05, 4.69) is 6.92 Å². The average Bonchev–Trinajstić information content (AvgIpc) is 2.36. The number of nitrogens with zero attached hydrogens (tertiary/aromatic N) is 1. The summed E-state index contributed by atoms with van der Waals surface area (Å²) in [6.45, 7) is 4.06. The van der Waals surface area contributed by atoms with Crippen LogP contribution in [0.15, 0.2) is 0 Å². The first kappa shape index (κ1) is 13.5. The number of hydrogen-bond donors (Lipinski definition) is 0. The van der Waals surface area contributed by atoms with Crippen molar-refractivity contribution in [1.29, 1.82) is 0 Å². The van der Waals surface area contributed by atoms with E-state index in [1.807, 2.05) is 18.9 Å². The maximum absolute atomic E-state index is 12.2. The van der Waals surface area contributed by atoms with E-state index in [0.717, 1.165) is 12.8 Å². The summed E-state index contributed by atoms with van der Waals surface area (Å²) in [6, 6.07) is 0.152. The first-order chi connectivity index (χ1) is 7.57. The van der Waals surface area contributed by atoms with Gasteiger partial charge in [-0.1, -0.05) is 19.3 Å². The normalized spacial score (nSPS) is 21.5. The van der Waals surface area contributed by atoms with Crippen LogP contribution in [0.25, 0.3) is 0 Å². The third-order valence-corrected chi connectivity index (χ3v) is 3.96. The van der Waals surface area contributed by atoms with Crippen LogP contribution in [0.3, 0.4) is 0 Å². The van der Waals surface area contributed by atoms with Crippen LogP contribution in [0.2, 0.25) is 0 Å². The van der Waals surface area contributed by atoms with Crippen LogP contribution >= 0.6 is 0 Å². The van der Waals surface area contributed by atoms with E-state index in [4.69, 9.17) is 4.74 Å². The molecule has 0 aliphatic heterocycles. The highest BCUT2D eigenvalue weighted by Crippen LogP contribution is 2.26. The molecular weight excluding hydrogens is 202 g/mol. The highest BCUT2D eigenvalue weighted by atomic mass is 16.5. The van der Waals surface area contributed by atoms with Gasteiger partial charge in [-0.05, 0) is 26.7 Å². The molecule has 0 N–H and O–H groups in total. The van der Waals surface area contributed by atoms with Gasteiger partial charge < -0.3 is 9.64 Å². The molecule has 1 rings (SSSR count). The lowest BCUT2D eigenvalue weighted by Crippen LogP contribution is -2.45. The van der Waals surface area contributed by atoms with Gasteiger partial charge in [0.1, 0.15) is 0 Å². The van der Waals surface area contributed by atoms with E-state index < -0.39 is 0 Å². The van der Waals surface area contributed by atoms with Gasteiger partial charge in [-0.3, -0.25) is 4.79 Å². The van der Waals surface area contributed by atoms with Gasteiger partial charge in [0.25, 0.3) is 0 Å². The largest absolute Gasteiger partial charge is 0.380 e. The molecule has 1 unspecified atom stereocenters. The lowest BCUT2D eigenvalue weighted by atomic mass is 9.88. The Kier molecular flexibility index (Phi) is 5.26. The summed E-state index contributed by atoms with van der Waals surface area (Å²) < 4.78 is 5.28. The Bertz CT molecular complexity index is 224. The summed E-state index contributed by atoms with van der Waals surface area (Å²) in [6.07, 6.45) is 5.93. The minimum atomic E-state index is 0.0949. The molecule has 0 bridgehead atoms. The zero-order chi connectivity index (χ0) is 12.1. The maximum atomic E-state index is 12.2. The van der Waals surface area contributed by atoms with Crippen molar-refractivity contribution in [2.24, 2.45) is 5.92 Å². The van der Waals surface area contributed by atoms with Crippen molar-refractivity contribution in [3.63, 3.8) is 0 Å². The molecule has 0 radical (unpaired) electrons. The molecule has 1 aliphatic rings. The summed E-state index contributed by atoms with van der Waals surface area (Å²) in [5.74, 6) is 0.557. The maximum Gasteiger partial charge on any atom is 0.225 e. The second kappa shape index (κ2) is 6.24. The number of hydrogen-bond acceptors (Lipinski definition) is 2. The van der Waals surface area contributed by atoms with E-state index in [-0.39, 0.29) is 18.1 Å². The lowest BCUT2D eigenvalue weighted by Gasteiger charge is -2.33. The molecule has 0 aromatic heterocycles. The predicted molar refractivity (Wildman–Crippen MR) is 65.3 cm³/mol. The van der Waals surface area contributed by atoms with Gasteiger partial charge in [-0.25, -0.2) is 0 Å². The van der Waals surface area contributed by atoms with E-state index in [1.165, 1.54) is 19.3 Å². The number of amides is 1. The Balaban J connectivity index is 2.51. The van der Waals surface area contributed by atoms with Crippen molar-refractivity contribution >= 4 is 5.91 Å². The summed E-state index contributed by atoms with van der Waals surface area (Å²) in [5, 5.41) is 0. The Morgan fingerprint density at radius 3 is 2.31 bits per heavy atom. The lowest BCUT2D eigenvalue weighted by molar-refractivity contribution is -0.139.